The van der Waals surface area contributed by atoms with Gasteiger partial charge in [0.15, 0.2) is 6.10 Å². The van der Waals surface area contributed by atoms with Crippen LogP contribution in [0.5, 0.6) is 0 Å². The van der Waals surface area contributed by atoms with Crippen LogP contribution in [-0.4, -0.2) is 60.6 Å². The number of aliphatic hydroxyl groups is 2. The first-order valence-corrected chi connectivity index (χ1v) is 3.30. The second kappa shape index (κ2) is 19.2. The van der Waals surface area contributed by atoms with Crippen LogP contribution >= 0.6 is 0 Å². The molecular weight excluding hydrogens is 372 g/mol. The molecule has 0 aliphatic carbocycles. The average Bonchev–Trinajstić information content (AvgIpc) is 2.00. The van der Waals surface area contributed by atoms with E-state index in [4.69, 9.17) is 25.5 Å². The van der Waals surface area contributed by atoms with Crippen molar-refractivity contribution in [3.8, 4) is 0 Å². The zero-order chi connectivity index (χ0) is 11.5. The average molecular weight is 383 g/mol. The van der Waals surface area contributed by atoms with Crippen molar-refractivity contribution in [2.75, 3.05) is 0 Å². The van der Waals surface area contributed by atoms with Gasteiger partial charge in [0, 0.05) is 0 Å². The second-order valence-electron chi connectivity index (χ2n) is 2.54. The van der Waals surface area contributed by atoms with Crippen LogP contribution in [0, 0.1) is 0 Å². The van der Waals surface area contributed by atoms with E-state index >= 15 is 0 Å². The molecule has 88 valence electrons. The predicted molar refractivity (Wildman–Crippen MR) is 42.1 cm³/mol. The van der Waals surface area contributed by atoms with E-state index in [2.05, 4.69) is 0 Å². The zero-order valence-electron chi connectivity index (χ0n) is 11.2. The Kier molecular flexibility index (Phi) is 39.4. The van der Waals surface area contributed by atoms with Crippen molar-refractivity contribution in [2.24, 2.45) is 0 Å². The quantitative estimate of drug-likeness (QED) is 0.290. The summed E-state index contributed by atoms with van der Waals surface area (Å²) < 4.78 is 0. The fraction of sp³-hybridized carbons (Fsp3) is 0.500. The number of aliphatic carboxylic acids is 3. The maximum atomic E-state index is 10.4. The van der Waals surface area contributed by atoms with Gasteiger partial charge in [-0.15, -0.1) is 0 Å². The summed E-state index contributed by atoms with van der Waals surface area (Å²) >= 11 is 0. The van der Waals surface area contributed by atoms with Crippen LogP contribution in [0.2, 0.25) is 0 Å². The molecule has 0 bridgehead atoms. The third-order valence-electron chi connectivity index (χ3n) is 1.48. The number of aliphatic hydroxyl groups excluding tert-OH is 1. The Morgan fingerprint density at radius 2 is 1.26 bits per heavy atom. The first kappa shape index (κ1) is 39.1. The fourth-order valence-electron chi connectivity index (χ4n) is 0.724. The number of carboxylic acids is 3. The SMILES string of the molecule is O.O=C(O)CC(O)(C(=O)O)C(O)C(=O)O.[K+].[K+].[K+].[K+]. The Bertz CT molecular complexity index is 286. The Labute approximate surface area is 278 Å². The van der Waals surface area contributed by atoms with Crippen LogP contribution in [-0.2, 0) is 14.4 Å². The van der Waals surface area contributed by atoms with Crippen molar-refractivity contribution in [1.82, 2.24) is 0 Å². The number of hydrogen-bond donors (Lipinski definition) is 5. The van der Waals surface area contributed by atoms with Gasteiger partial charge in [0.2, 0.25) is 5.60 Å². The van der Waals surface area contributed by atoms with Gasteiger partial charge in [0.05, 0.1) is 6.42 Å². The number of carboxylic acid groups (broad SMARTS) is 3. The van der Waals surface area contributed by atoms with Crippen molar-refractivity contribution in [2.45, 2.75) is 18.1 Å². The normalized spacial score (nSPS) is 12.3. The Morgan fingerprint density at radius 3 is 1.42 bits per heavy atom. The molecule has 0 radical (unpaired) electrons. The molecule has 7 N–H and O–H groups in total. The smallest absolute Gasteiger partial charge is 0.481 e. The van der Waals surface area contributed by atoms with Gasteiger partial charge in [-0.2, -0.15) is 0 Å². The summed E-state index contributed by atoms with van der Waals surface area (Å²) in [5, 5.41) is 42.6. The molecule has 0 aliphatic rings. The summed E-state index contributed by atoms with van der Waals surface area (Å²) in [6.07, 6.45) is -4.11. The molecule has 0 saturated heterocycles. The largest absolute Gasteiger partial charge is 1.00 e. The fourth-order valence-corrected chi connectivity index (χ4v) is 0.724. The van der Waals surface area contributed by atoms with E-state index in [1.165, 1.54) is 0 Å². The van der Waals surface area contributed by atoms with E-state index in [1.54, 1.807) is 0 Å². The van der Waals surface area contributed by atoms with Gasteiger partial charge in [-0.3, -0.25) is 4.79 Å². The van der Waals surface area contributed by atoms with Gasteiger partial charge in [0.25, 0.3) is 0 Å². The number of carbonyl (C=O) groups is 3. The summed E-state index contributed by atoms with van der Waals surface area (Å²) in [4.78, 5) is 30.7. The maximum absolute atomic E-state index is 10.4. The molecule has 0 fully saturated rings. The topological polar surface area (TPSA) is 184 Å². The van der Waals surface area contributed by atoms with E-state index in [-0.39, 0.29) is 211 Å². The van der Waals surface area contributed by atoms with Gasteiger partial charge in [0.1, 0.15) is 0 Å². The summed E-state index contributed by atoms with van der Waals surface area (Å²) in [7, 11) is 0. The first-order chi connectivity index (χ1) is 6.21. The summed E-state index contributed by atoms with van der Waals surface area (Å²) in [5.74, 6) is -5.87. The third kappa shape index (κ3) is 14.9. The molecule has 19 heavy (non-hydrogen) atoms. The summed E-state index contributed by atoms with van der Waals surface area (Å²) in [5.41, 5.74) is -3.22. The van der Waals surface area contributed by atoms with Crippen LogP contribution in [0.3, 0.4) is 0 Å². The summed E-state index contributed by atoms with van der Waals surface area (Å²) in [6.45, 7) is 0. The van der Waals surface area contributed by atoms with E-state index < -0.39 is 36.0 Å². The minimum Gasteiger partial charge on any atom is -0.481 e. The van der Waals surface area contributed by atoms with Gasteiger partial charge >= 0.3 is 223 Å². The maximum Gasteiger partial charge on any atom is 1.00 e. The molecule has 0 rings (SSSR count). The second-order valence-corrected chi connectivity index (χ2v) is 2.54. The van der Waals surface area contributed by atoms with Crippen molar-refractivity contribution < 1.29 is 251 Å². The monoisotopic (exact) mass is 382 g/mol. The van der Waals surface area contributed by atoms with Crippen molar-refractivity contribution in [3.05, 3.63) is 0 Å². The van der Waals surface area contributed by atoms with Crippen LogP contribution in [0.1, 0.15) is 6.42 Å². The standard InChI is InChI=1S/C6H8O8.4K.H2O/c7-2(8)1-6(14,5(12)13)3(9)4(10)11;;;;;/h3,9,14H,1H2,(H,7,8)(H,10,11)(H,12,13);;;;;1H2/q;4*+1;. The minimum absolute atomic E-state index is 0. The molecule has 0 amide bonds. The van der Waals surface area contributed by atoms with Crippen molar-refractivity contribution >= 4 is 17.9 Å². The molecule has 0 aromatic rings. The third-order valence-corrected chi connectivity index (χ3v) is 1.48. The minimum atomic E-state index is -3.22. The molecule has 2 atom stereocenters. The summed E-state index contributed by atoms with van der Waals surface area (Å²) in [6, 6.07) is 0. The van der Waals surface area contributed by atoms with Crippen LogP contribution in [0.25, 0.3) is 0 Å². The van der Waals surface area contributed by atoms with Gasteiger partial charge < -0.3 is 31.0 Å². The molecule has 0 heterocycles. The van der Waals surface area contributed by atoms with E-state index in [0.29, 0.717) is 0 Å². The Morgan fingerprint density at radius 1 is 0.947 bits per heavy atom. The van der Waals surface area contributed by atoms with Gasteiger partial charge in [-0.25, -0.2) is 9.59 Å². The Hall–Kier alpha value is 4.84. The molecule has 9 nitrogen and oxygen atoms in total. The van der Waals surface area contributed by atoms with Crippen LogP contribution in [0.4, 0.5) is 0 Å². The number of rotatable bonds is 5. The molecule has 0 spiro atoms. The Balaban J connectivity index is -0.0000000845. The molecule has 2 unspecified atom stereocenters. The van der Waals surface area contributed by atoms with E-state index in [1.807, 2.05) is 0 Å². The van der Waals surface area contributed by atoms with Crippen molar-refractivity contribution in [1.29, 1.82) is 0 Å². The van der Waals surface area contributed by atoms with Gasteiger partial charge in [-0.05, 0) is 0 Å². The zero-order valence-corrected chi connectivity index (χ0v) is 23.7. The molecule has 0 aromatic carbocycles. The molecule has 0 aliphatic heterocycles. The van der Waals surface area contributed by atoms with Gasteiger partial charge in [-0.1, -0.05) is 0 Å². The molecular formula is C6H10K4O9+4. The van der Waals surface area contributed by atoms with Crippen LogP contribution < -0.4 is 206 Å². The predicted octanol–water partition coefficient (Wildman–Crippen LogP) is -15.1. The van der Waals surface area contributed by atoms with E-state index in [0.717, 1.165) is 0 Å². The first-order valence-electron chi connectivity index (χ1n) is 3.30. The van der Waals surface area contributed by atoms with Crippen molar-refractivity contribution in [3.63, 3.8) is 0 Å². The molecule has 0 aromatic heterocycles. The van der Waals surface area contributed by atoms with E-state index in [9.17, 15) is 14.4 Å². The molecule has 0 saturated carbocycles. The molecule has 13 heteroatoms. The number of hydrogen-bond acceptors (Lipinski definition) is 5. The van der Waals surface area contributed by atoms with Crippen LogP contribution in [0.15, 0.2) is 0 Å².